The third-order valence-electron chi connectivity index (χ3n) is 1.76. The van der Waals surface area contributed by atoms with Crippen LogP contribution in [0, 0.1) is 4.77 Å². The number of anilines is 1. The predicted octanol–water partition coefficient (Wildman–Crippen LogP) is 1.49. The average molecular weight is 172 g/mol. The summed E-state index contributed by atoms with van der Waals surface area (Å²) in [6.07, 6.45) is 0.998. The van der Waals surface area contributed by atoms with Gasteiger partial charge in [0.05, 0.1) is 0 Å². The molecule has 1 aromatic heterocycles. The first-order valence-corrected chi connectivity index (χ1v) is 4.00. The van der Waals surface area contributed by atoms with Crippen molar-refractivity contribution in [2.24, 2.45) is 0 Å². The number of rotatable bonds is 2. The molecule has 0 amide bonds. The van der Waals surface area contributed by atoms with Gasteiger partial charge in [-0.05, 0) is 25.6 Å². The molecule has 11 heavy (non-hydrogen) atoms. The number of nitrogens with two attached hydrogens (primary N) is 1. The summed E-state index contributed by atoms with van der Waals surface area (Å²) in [6, 6.07) is 0.321. The molecule has 1 atom stereocenters. The lowest BCUT2D eigenvalue weighted by Gasteiger charge is -2.09. The molecule has 0 aliphatic rings. The molecule has 0 bridgehead atoms. The fraction of sp³-hybridized carbons (Fsp3) is 0.667. The van der Waals surface area contributed by atoms with Gasteiger partial charge in [0, 0.05) is 6.04 Å². The van der Waals surface area contributed by atoms with Crippen molar-refractivity contribution in [2.45, 2.75) is 26.3 Å². The maximum Gasteiger partial charge on any atom is 0.220 e. The van der Waals surface area contributed by atoms with Crippen LogP contribution >= 0.6 is 12.2 Å². The fourth-order valence-corrected chi connectivity index (χ4v) is 1.24. The van der Waals surface area contributed by atoms with E-state index < -0.39 is 0 Å². The summed E-state index contributed by atoms with van der Waals surface area (Å²) in [5, 5.41) is 6.45. The van der Waals surface area contributed by atoms with Crippen molar-refractivity contribution < 1.29 is 0 Å². The van der Waals surface area contributed by atoms with E-state index in [1.165, 1.54) is 0 Å². The van der Waals surface area contributed by atoms with Crippen molar-refractivity contribution in [3.63, 3.8) is 0 Å². The monoisotopic (exact) mass is 172 g/mol. The molecule has 0 radical (unpaired) electrons. The molecule has 0 spiro atoms. The van der Waals surface area contributed by atoms with Gasteiger partial charge in [-0.1, -0.05) is 6.92 Å². The SMILES string of the molecule is CCC(C)n1c(N)n[nH]c1=S. The molecule has 0 aliphatic heterocycles. The van der Waals surface area contributed by atoms with Crippen LogP contribution in [0.2, 0.25) is 0 Å². The maximum atomic E-state index is 5.57. The van der Waals surface area contributed by atoms with Crippen molar-refractivity contribution in [3.8, 4) is 0 Å². The zero-order valence-corrected chi connectivity index (χ0v) is 7.48. The van der Waals surface area contributed by atoms with Crippen molar-refractivity contribution in [1.29, 1.82) is 0 Å². The number of aromatic amines is 1. The van der Waals surface area contributed by atoms with E-state index in [1.807, 2.05) is 4.57 Å². The third kappa shape index (κ3) is 1.42. The first-order valence-electron chi connectivity index (χ1n) is 3.59. The largest absolute Gasteiger partial charge is 0.368 e. The summed E-state index contributed by atoms with van der Waals surface area (Å²) in [7, 11) is 0. The van der Waals surface area contributed by atoms with Crippen LogP contribution in [-0.2, 0) is 0 Å². The lowest BCUT2D eigenvalue weighted by molar-refractivity contribution is 0.530. The van der Waals surface area contributed by atoms with E-state index in [1.54, 1.807) is 0 Å². The van der Waals surface area contributed by atoms with Crippen LogP contribution < -0.4 is 5.73 Å². The quantitative estimate of drug-likeness (QED) is 0.664. The van der Waals surface area contributed by atoms with Crippen LogP contribution in [0.25, 0.3) is 0 Å². The first kappa shape index (κ1) is 8.26. The summed E-state index contributed by atoms with van der Waals surface area (Å²) in [4.78, 5) is 0. The Labute approximate surface area is 70.4 Å². The molecule has 1 heterocycles. The van der Waals surface area contributed by atoms with Gasteiger partial charge in [-0.25, -0.2) is 5.10 Å². The van der Waals surface area contributed by atoms with Crippen molar-refractivity contribution in [1.82, 2.24) is 14.8 Å². The lowest BCUT2D eigenvalue weighted by atomic mass is 10.3. The van der Waals surface area contributed by atoms with Crippen molar-refractivity contribution >= 4 is 18.2 Å². The van der Waals surface area contributed by atoms with E-state index >= 15 is 0 Å². The highest BCUT2D eigenvalue weighted by molar-refractivity contribution is 7.71. The minimum absolute atomic E-state index is 0.321. The van der Waals surface area contributed by atoms with Gasteiger partial charge in [-0.3, -0.25) is 4.57 Å². The molecule has 1 rings (SSSR count). The predicted molar refractivity (Wildman–Crippen MR) is 46.8 cm³/mol. The van der Waals surface area contributed by atoms with E-state index in [-0.39, 0.29) is 0 Å². The number of aromatic nitrogens is 3. The zero-order chi connectivity index (χ0) is 8.43. The van der Waals surface area contributed by atoms with Crippen molar-refractivity contribution in [3.05, 3.63) is 4.77 Å². The van der Waals surface area contributed by atoms with Gasteiger partial charge >= 0.3 is 0 Å². The molecule has 4 nitrogen and oxygen atoms in total. The highest BCUT2D eigenvalue weighted by atomic mass is 32.1. The number of nitrogen functional groups attached to an aromatic ring is 1. The van der Waals surface area contributed by atoms with Crippen LogP contribution in [0.1, 0.15) is 26.3 Å². The molecule has 62 valence electrons. The normalized spacial score (nSPS) is 13.3. The number of hydrogen-bond donors (Lipinski definition) is 2. The Morgan fingerprint density at radius 1 is 1.82 bits per heavy atom. The van der Waals surface area contributed by atoms with Gasteiger partial charge in [0.15, 0.2) is 4.77 Å². The molecule has 0 fully saturated rings. The van der Waals surface area contributed by atoms with Gasteiger partial charge in [-0.15, -0.1) is 5.10 Å². The Bertz CT molecular complexity index is 287. The second-order valence-electron chi connectivity index (χ2n) is 2.51. The molecule has 0 aromatic carbocycles. The van der Waals surface area contributed by atoms with Crippen LogP contribution in [0.4, 0.5) is 5.95 Å². The maximum absolute atomic E-state index is 5.57. The molecule has 5 heteroatoms. The molecule has 3 N–H and O–H groups in total. The minimum atomic E-state index is 0.321. The number of hydrogen-bond acceptors (Lipinski definition) is 3. The van der Waals surface area contributed by atoms with Crippen LogP contribution in [0.5, 0.6) is 0 Å². The molecular formula is C6H12N4S. The average Bonchev–Trinajstić information content (AvgIpc) is 2.30. The molecule has 1 unspecified atom stereocenters. The third-order valence-corrected chi connectivity index (χ3v) is 2.05. The Balaban J connectivity index is 3.10. The zero-order valence-electron chi connectivity index (χ0n) is 6.66. The number of H-pyrrole nitrogens is 1. The van der Waals surface area contributed by atoms with Crippen LogP contribution in [-0.4, -0.2) is 14.8 Å². The number of nitrogens with zero attached hydrogens (tertiary/aromatic N) is 2. The van der Waals surface area contributed by atoms with Gasteiger partial charge in [-0.2, -0.15) is 0 Å². The Kier molecular flexibility index (Phi) is 2.28. The molecular weight excluding hydrogens is 160 g/mol. The molecule has 0 aliphatic carbocycles. The number of nitrogens with one attached hydrogen (secondary N) is 1. The molecule has 1 aromatic rings. The Hall–Kier alpha value is -0.840. The first-order chi connectivity index (χ1) is 5.16. The highest BCUT2D eigenvalue weighted by Gasteiger charge is 2.06. The van der Waals surface area contributed by atoms with E-state index in [9.17, 15) is 0 Å². The Morgan fingerprint density at radius 2 is 2.45 bits per heavy atom. The second kappa shape index (κ2) is 3.04. The smallest absolute Gasteiger partial charge is 0.220 e. The second-order valence-corrected chi connectivity index (χ2v) is 2.90. The molecule has 0 saturated carbocycles. The highest BCUT2D eigenvalue weighted by Crippen LogP contribution is 2.13. The van der Waals surface area contributed by atoms with Crippen molar-refractivity contribution in [2.75, 3.05) is 5.73 Å². The lowest BCUT2D eigenvalue weighted by Crippen LogP contribution is -2.07. The topological polar surface area (TPSA) is 59.6 Å². The van der Waals surface area contributed by atoms with Gasteiger partial charge in [0.25, 0.3) is 0 Å². The minimum Gasteiger partial charge on any atom is -0.368 e. The molecule has 0 saturated heterocycles. The van der Waals surface area contributed by atoms with Crippen LogP contribution in [0.3, 0.4) is 0 Å². The summed E-state index contributed by atoms with van der Waals surface area (Å²) < 4.78 is 2.41. The van der Waals surface area contributed by atoms with E-state index in [4.69, 9.17) is 18.0 Å². The summed E-state index contributed by atoms with van der Waals surface area (Å²) >= 11 is 4.98. The van der Waals surface area contributed by atoms with E-state index in [0.29, 0.717) is 16.8 Å². The van der Waals surface area contributed by atoms with Gasteiger partial charge in [0.2, 0.25) is 5.95 Å². The van der Waals surface area contributed by atoms with Gasteiger partial charge < -0.3 is 5.73 Å². The summed E-state index contributed by atoms with van der Waals surface area (Å²) in [6.45, 7) is 4.14. The van der Waals surface area contributed by atoms with Gasteiger partial charge in [0.1, 0.15) is 0 Å². The van der Waals surface area contributed by atoms with E-state index in [0.717, 1.165) is 6.42 Å². The standard InChI is InChI=1S/C6H12N4S/c1-3-4(2)10-5(7)8-9-6(10)11/h4H,3H2,1-2H3,(H2,7,8)(H,9,11). The van der Waals surface area contributed by atoms with E-state index in [2.05, 4.69) is 24.0 Å². The summed E-state index contributed by atoms with van der Waals surface area (Å²) in [5.41, 5.74) is 5.57. The summed E-state index contributed by atoms with van der Waals surface area (Å²) in [5.74, 6) is 0.462. The fourth-order valence-electron chi connectivity index (χ4n) is 0.925. The Morgan fingerprint density at radius 3 is 2.82 bits per heavy atom. The van der Waals surface area contributed by atoms with Crippen LogP contribution in [0.15, 0.2) is 0 Å².